The number of aliphatic hydroxyl groups excluding tert-OH is 2. The first-order valence-electron chi connectivity index (χ1n) is 13.6. The molecule has 42 heavy (non-hydrogen) atoms. The highest BCUT2D eigenvalue weighted by atomic mass is 16.5. The monoisotopic (exact) mass is 566 g/mol. The lowest BCUT2D eigenvalue weighted by molar-refractivity contribution is -0.144. The summed E-state index contributed by atoms with van der Waals surface area (Å²) in [5.41, 5.74) is 5.60. The molecule has 7 rings (SSSR count). The van der Waals surface area contributed by atoms with Crippen LogP contribution < -0.4 is 15.0 Å². The molecule has 3 aromatic heterocycles. The third-order valence-corrected chi connectivity index (χ3v) is 8.07. The molecule has 12 heteroatoms. The third-order valence-electron chi connectivity index (χ3n) is 8.07. The molecule has 2 fully saturated rings. The van der Waals surface area contributed by atoms with Crippen LogP contribution in [0.4, 0.5) is 17.2 Å². The van der Waals surface area contributed by atoms with Gasteiger partial charge in [0.15, 0.2) is 5.82 Å². The number of amides is 1. The Labute approximate surface area is 241 Å². The minimum Gasteiger partial charge on any atom is -0.509 e. The molecule has 0 atom stereocenters. The summed E-state index contributed by atoms with van der Waals surface area (Å²) >= 11 is 0. The van der Waals surface area contributed by atoms with Crippen LogP contribution in [-0.4, -0.2) is 71.3 Å². The van der Waals surface area contributed by atoms with Crippen molar-refractivity contribution in [3.05, 3.63) is 78.4 Å². The van der Waals surface area contributed by atoms with E-state index in [0.29, 0.717) is 18.9 Å². The molecule has 0 bridgehead atoms. The van der Waals surface area contributed by atoms with Crippen molar-refractivity contribution < 1.29 is 19.7 Å². The second kappa shape index (κ2) is 9.40. The van der Waals surface area contributed by atoms with Gasteiger partial charge in [0.05, 0.1) is 23.0 Å². The summed E-state index contributed by atoms with van der Waals surface area (Å²) in [6.45, 7) is 5.91. The van der Waals surface area contributed by atoms with Crippen LogP contribution in [0.1, 0.15) is 12.5 Å². The molecule has 12 nitrogen and oxygen atoms in total. The van der Waals surface area contributed by atoms with Gasteiger partial charge in [0.25, 0.3) is 5.91 Å². The number of hydrogen-bond acceptors (Lipinski definition) is 9. The number of aryl methyl sites for hydroxylation is 2. The summed E-state index contributed by atoms with van der Waals surface area (Å²) in [4.78, 5) is 25.1. The molecule has 2 aromatic carbocycles. The van der Waals surface area contributed by atoms with E-state index in [9.17, 15) is 15.0 Å². The lowest BCUT2D eigenvalue weighted by atomic mass is 9.72. The van der Waals surface area contributed by atoms with E-state index in [1.54, 1.807) is 15.7 Å². The SMILES string of the molecule is C/C(O)=C(\O)C(=O)N1CC2(C1)CN(c1ccn3ncnc(Nc4ccc(Oc5ccc6c(c5)ncn6C)c(C)c4)c13)C2. The number of imidazole rings is 1. The molecular formula is C30H30N8O4. The zero-order valence-corrected chi connectivity index (χ0v) is 23.4. The Hall–Kier alpha value is -5.26. The molecule has 214 valence electrons. The van der Waals surface area contributed by atoms with E-state index < -0.39 is 11.7 Å². The van der Waals surface area contributed by atoms with Crippen molar-refractivity contribution in [2.75, 3.05) is 36.4 Å². The summed E-state index contributed by atoms with van der Waals surface area (Å²) in [5, 5.41) is 27.1. The first-order chi connectivity index (χ1) is 20.2. The van der Waals surface area contributed by atoms with E-state index in [4.69, 9.17) is 4.74 Å². The molecule has 1 spiro atoms. The highest BCUT2D eigenvalue weighted by Gasteiger charge is 2.54. The number of nitrogens with one attached hydrogen (secondary N) is 1. The van der Waals surface area contributed by atoms with Crippen molar-refractivity contribution in [3.63, 3.8) is 0 Å². The number of rotatable bonds is 6. The van der Waals surface area contributed by atoms with Crippen LogP contribution in [0.2, 0.25) is 0 Å². The lowest BCUT2D eigenvalue weighted by Gasteiger charge is -2.60. The smallest absolute Gasteiger partial charge is 0.292 e. The Morgan fingerprint density at radius 3 is 2.62 bits per heavy atom. The lowest BCUT2D eigenvalue weighted by Crippen LogP contribution is -2.73. The largest absolute Gasteiger partial charge is 0.509 e. The van der Waals surface area contributed by atoms with Gasteiger partial charge in [0, 0.05) is 56.6 Å². The summed E-state index contributed by atoms with van der Waals surface area (Å²) in [5.74, 6) is 0.671. The van der Waals surface area contributed by atoms with Crippen molar-refractivity contribution in [1.82, 2.24) is 29.0 Å². The van der Waals surface area contributed by atoms with E-state index in [-0.39, 0.29) is 11.2 Å². The van der Waals surface area contributed by atoms with Gasteiger partial charge in [-0.15, -0.1) is 0 Å². The number of anilines is 3. The topological polar surface area (TPSA) is 133 Å². The summed E-state index contributed by atoms with van der Waals surface area (Å²) < 4.78 is 9.95. The zero-order chi connectivity index (χ0) is 29.2. The number of carbonyl (C=O) groups excluding carboxylic acids is 1. The van der Waals surface area contributed by atoms with Crippen LogP contribution in [0.3, 0.4) is 0 Å². The molecule has 2 aliphatic heterocycles. The van der Waals surface area contributed by atoms with Gasteiger partial charge in [0.2, 0.25) is 5.76 Å². The number of allylic oxidation sites excluding steroid dienone is 1. The zero-order valence-electron chi connectivity index (χ0n) is 23.4. The van der Waals surface area contributed by atoms with Crippen molar-refractivity contribution in [2.24, 2.45) is 12.5 Å². The van der Waals surface area contributed by atoms with Crippen molar-refractivity contribution >= 4 is 39.6 Å². The number of hydrogen-bond donors (Lipinski definition) is 3. The van der Waals surface area contributed by atoms with E-state index in [1.165, 1.54) is 13.3 Å². The number of likely N-dealkylation sites (tertiary alicyclic amines) is 1. The van der Waals surface area contributed by atoms with Gasteiger partial charge in [-0.3, -0.25) is 4.79 Å². The van der Waals surface area contributed by atoms with Crippen molar-refractivity contribution in [3.8, 4) is 11.5 Å². The first-order valence-corrected chi connectivity index (χ1v) is 13.6. The van der Waals surface area contributed by atoms with Gasteiger partial charge < -0.3 is 34.6 Å². The maximum atomic E-state index is 12.3. The Morgan fingerprint density at radius 2 is 1.86 bits per heavy atom. The van der Waals surface area contributed by atoms with Gasteiger partial charge in [-0.25, -0.2) is 14.5 Å². The molecule has 5 aromatic rings. The number of carbonyl (C=O) groups is 1. The average molecular weight is 567 g/mol. The van der Waals surface area contributed by atoms with Gasteiger partial charge in [0.1, 0.15) is 29.1 Å². The highest BCUT2D eigenvalue weighted by molar-refractivity contribution is 5.92. The van der Waals surface area contributed by atoms with Crippen LogP contribution in [0.15, 0.2) is 72.8 Å². The van der Waals surface area contributed by atoms with E-state index >= 15 is 0 Å². The van der Waals surface area contributed by atoms with E-state index in [2.05, 4.69) is 25.3 Å². The number of fused-ring (bicyclic) bond motifs is 2. The standard InChI is InChI=1S/C30H30N8O4/c1-18-10-20(4-7-25(18)42-21-5-6-23-22(11-21)32-17-35(23)3)34-28-26-24(8-9-38(26)33-16-31-28)36-12-30(13-36)14-37(15-30)29(41)27(40)19(2)39/h4-11,16-17,39-40H,12-15H2,1-3H3,(H,31,33,34)/b27-19+. The Morgan fingerprint density at radius 1 is 1.05 bits per heavy atom. The predicted molar refractivity (Wildman–Crippen MR) is 157 cm³/mol. The Balaban J connectivity index is 1.06. The number of aromatic nitrogens is 5. The Kier molecular flexibility index (Phi) is 5.75. The first kappa shape index (κ1) is 25.7. The minimum atomic E-state index is -0.590. The molecule has 0 unspecified atom stereocenters. The van der Waals surface area contributed by atoms with Crippen LogP contribution in [0, 0.1) is 12.3 Å². The number of aliphatic hydroxyl groups is 2. The second-order valence-corrected chi connectivity index (χ2v) is 11.3. The quantitative estimate of drug-likeness (QED) is 0.201. The molecule has 2 saturated heterocycles. The molecule has 5 heterocycles. The minimum absolute atomic E-state index is 0.0230. The molecule has 3 N–H and O–H groups in total. The van der Waals surface area contributed by atoms with Gasteiger partial charge in [-0.05, 0) is 55.8 Å². The Bertz CT molecular complexity index is 1890. The van der Waals surface area contributed by atoms with Crippen molar-refractivity contribution in [1.29, 1.82) is 0 Å². The average Bonchev–Trinajstić information content (AvgIpc) is 3.52. The molecule has 2 aliphatic rings. The fraction of sp³-hybridized carbons (Fsp3) is 0.267. The van der Waals surface area contributed by atoms with Crippen LogP contribution in [-0.2, 0) is 11.8 Å². The van der Waals surface area contributed by atoms with Gasteiger partial charge >= 0.3 is 0 Å². The van der Waals surface area contributed by atoms with Gasteiger partial charge in [-0.2, -0.15) is 5.10 Å². The highest BCUT2D eigenvalue weighted by Crippen LogP contribution is 2.44. The number of benzene rings is 2. The van der Waals surface area contributed by atoms with E-state index in [1.807, 2.05) is 67.2 Å². The van der Waals surface area contributed by atoms with Crippen LogP contribution >= 0.6 is 0 Å². The van der Waals surface area contributed by atoms with Crippen LogP contribution in [0.25, 0.3) is 16.6 Å². The predicted octanol–water partition coefficient (Wildman–Crippen LogP) is 4.46. The molecule has 1 amide bonds. The maximum Gasteiger partial charge on any atom is 0.292 e. The second-order valence-electron chi connectivity index (χ2n) is 11.3. The fourth-order valence-electron chi connectivity index (χ4n) is 5.92. The van der Waals surface area contributed by atoms with Gasteiger partial charge in [-0.1, -0.05) is 0 Å². The van der Waals surface area contributed by atoms with Crippen LogP contribution in [0.5, 0.6) is 11.5 Å². The molecule has 0 saturated carbocycles. The molecule has 0 radical (unpaired) electrons. The third kappa shape index (κ3) is 4.23. The molecule has 0 aliphatic carbocycles. The normalized spacial score (nSPS) is 16.4. The maximum absolute atomic E-state index is 12.3. The number of nitrogens with zero attached hydrogens (tertiary/aromatic N) is 7. The summed E-state index contributed by atoms with van der Waals surface area (Å²) in [7, 11) is 1.96. The fourth-order valence-corrected chi connectivity index (χ4v) is 5.92. The molecular weight excluding hydrogens is 536 g/mol. The van der Waals surface area contributed by atoms with E-state index in [0.717, 1.165) is 58.1 Å². The van der Waals surface area contributed by atoms with Crippen molar-refractivity contribution in [2.45, 2.75) is 13.8 Å². The number of ether oxygens (including phenoxy) is 1. The summed E-state index contributed by atoms with van der Waals surface area (Å²) in [6.07, 6.45) is 5.22. The summed E-state index contributed by atoms with van der Waals surface area (Å²) in [6, 6.07) is 13.8.